The molecule has 98 valence electrons. The molecule has 6 heteroatoms. The number of hydrogen-bond donors (Lipinski definition) is 1. The topological polar surface area (TPSA) is 66.8 Å². The van der Waals surface area contributed by atoms with Crippen molar-refractivity contribution in [2.45, 2.75) is 31.1 Å². The molecule has 1 saturated heterocycles. The summed E-state index contributed by atoms with van der Waals surface area (Å²) in [5.41, 5.74) is 0. The summed E-state index contributed by atoms with van der Waals surface area (Å²) in [5, 5.41) is 9.06. The molecule has 0 aromatic rings. The van der Waals surface area contributed by atoms with Gasteiger partial charge in [-0.1, -0.05) is 6.92 Å². The lowest BCUT2D eigenvalue weighted by molar-refractivity contribution is -0.146. The van der Waals surface area contributed by atoms with E-state index >= 15 is 0 Å². The standard InChI is InChI=1S/C11H19NO4S/c1-8(17-2)5-10(13)12-3-4-16-7-9(12)6-11(14)15/h8-9H,3-7H2,1-2H3,(H,14,15). The van der Waals surface area contributed by atoms with Crippen LogP contribution in [0.4, 0.5) is 0 Å². The van der Waals surface area contributed by atoms with Gasteiger partial charge in [0.1, 0.15) is 0 Å². The van der Waals surface area contributed by atoms with Crippen LogP contribution in [0.3, 0.4) is 0 Å². The number of amides is 1. The zero-order chi connectivity index (χ0) is 12.8. The van der Waals surface area contributed by atoms with Crippen LogP contribution < -0.4 is 0 Å². The van der Waals surface area contributed by atoms with Gasteiger partial charge in [0.2, 0.25) is 5.91 Å². The third-order valence-corrected chi connectivity index (χ3v) is 3.79. The lowest BCUT2D eigenvalue weighted by Crippen LogP contribution is -2.50. The summed E-state index contributed by atoms with van der Waals surface area (Å²) >= 11 is 1.64. The molecule has 2 unspecified atom stereocenters. The molecule has 0 radical (unpaired) electrons. The van der Waals surface area contributed by atoms with Crippen LogP contribution >= 0.6 is 11.8 Å². The predicted molar refractivity (Wildman–Crippen MR) is 66.2 cm³/mol. The van der Waals surface area contributed by atoms with E-state index in [9.17, 15) is 9.59 Å². The molecule has 5 nitrogen and oxygen atoms in total. The molecule has 0 spiro atoms. The number of rotatable bonds is 5. The number of carbonyl (C=O) groups excluding carboxylic acids is 1. The second kappa shape index (κ2) is 6.86. The third-order valence-electron chi connectivity index (χ3n) is 2.82. The lowest BCUT2D eigenvalue weighted by atomic mass is 10.1. The molecule has 0 saturated carbocycles. The van der Waals surface area contributed by atoms with Crippen LogP contribution in [0.5, 0.6) is 0 Å². The zero-order valence-electron chi connectivity index (χ0n) is 10.2. The van der Waals surface area contributed by atoms with Crippen LogP contribution in [-0.4, -0.2) is 59.2 Å². The van der Waals surface area contributed by atoms with Gasteiger partial charge in [-0.25, -0.2) is 0 Å². The number of carboxylic acids is 1. The van der Waals surface area contributed by atoms with Crippen LogP contribution in [-0.2, 0) is 14.3 Å². The second-order valence-electron chi connectivity index (χ2n) is 4.16. The molecule has 1 N–H and O–H groups in total. The molecule has 17 heavy (non-hydrogen) atoms. The van der Waals surface area contributed by atoms with E-state index in [1.807, 2.05) is 13.2 Å². The molecule has 1 rings (SSSR count). The van der Waals surface area contributed by atoms with Gasteiger partial charge in [-0.3, -0.25) is 9.59 Å². The molecule has 0 aromatic heterocycles. The minimum Gasteiger partial charge on any atom is -0.481 e. The fourth-order valence-electron chi connectivity index (χ4n) is 1.80. The molecule has 0 aliphatic carbocycles. The first kappa shape index (κ1) is 14.3. The maximum atomic E-state index is 12.0. The number of nitrogens with zero attached hydrogens (tertiary/aromatic N) is 1. The van der Waals surface area contributed by atoms with E-state index in [2.05, 4.69) is 0 Å². The van der Waals surface area contributed by atoms with Gasteiger partial charge in [0, 0.05) is 18.2 Å². The molecule has 1 aliphatic heterocycles. The fourth-order valence-corrected chi connectivity index (χ4v) is 2.11. The average Bonchev–Trinajstić information content (AvgIpc) is 2.28. The Bertz CT molecular complexity index is 285. The quantitative estimate of drug-likeness (QED) is 0.794. The van der Waals surface area contributed by atoms with Crippen LogP contribution in [0.15, 0.2) is 0 Å². The average molecular weight is 261 g/mol. The van der Waals surface area contributed by atoms with Crippen molar-refractivity contribution in [1.82, 2.24) is 4.90 Å². The van der Waals surface area contributed by atoms with Gasteiger partial charge in [-0.15, -0.1) is 0 Å². The first-order valence-electron chi connectivity index (χ1n) is 5.66. The second-order valence-corrected chi connectivity index (χ2v) is 5.44. The van der Waals surface area contributed by atoms with Crippen LogP contribution in [0.1, 0.15) is 19.8 Å². The monoisotopic (exact) mass is 261 g/mol. The van der Waals surface area contributed by atoms with Gasteiger partial charge >= 0.3 is 5.97 Å². The normalized spacial score (nSPS) is 22.2. The van der Waals surface area contributed by atoms with Crippen molar-refractivity contribution >= 4 is 23.6 Å². The highest BCUT2D eigenvalue weighted by molar-refractivity contribution is 7.99. The van der Waals surface area contributed by atoms with Crippen molar-refractivity contribution in [3.63, 3.8) is 0 Å². The highest BCUT2D eigenvalue weighted by atomic mass is 32.2. The molecule has 2 atom stereocenters. The van der Waals surface area contributed by atoms with Crippen LogP contribution in [0.2, 0.25) is 0 Å². The fraction of sp³-hybridized carbons (Fsp3) is 0.818. The summed E-state index contributed by atoms with van der Waals surface area (Å²) in [4.78, 5) is 24.4. The van der Waals surface area contributed by atoms with E-state index < -0.39 is 5.97 Å². The molecule has 1 amide bonds. The Kier molecular flexibility index (Phi) is 5.77. The van der Waals surface area contributed by atoms with Gasteiger partial charge < -0.3 is 14.7 Å². The Morgan fingerprint density at radius 1 is 1.59 bits per heavy atom. The van der Waals surface area contributed by atoms with Crippen molar-refractivity contribution in [2.75, 3.05) is 26.0 Å². The summed E-state index contributed by atoms with van der Waals surface area (Å²) in [5.74, 6) is -0.863. The Morgan fingerprint density at radius 2 is 2.29 bits per heavy atom. The maximum absolute atomic E-state index is 12.0. The Hall–Kier alpha value is -0.750. The van der Waals surface area contributed by atoms with Crippen molar-refractivity contribution in [3.8, 4) is 0 Å². The number of hydrogen-bond acceptors (Lipinski definition) is 4. The summed E-state index contributed by atoms with van der Waals surface area (Å²) in [6, 6.07) is -0.317. The SMILES string of the molecule is CSC(C)CC(=O)N1CCOCC1CC(=O)O. The molecule has 1 aliphatic rings. The summed E-state index contributed by atoms with van der Waals surface area (Å²) in [6.45, 7) is 3.31. The number of aliphatic carboxylic acids is 1. The van der Waals surface area contributed by atoms with E-state index in [-0.39, 0.29) is 23.6 Å². The highest BCUT2D eigenvalue weighted by Crippen LogP contribution is 2.16. The van der Waals surface area contributed by atoms with Gasteiger partial charge in [0.05, 0.1) is 25.7 Å². The summed E-state index contributed by atoms with van der Waals surface area (Å²) in [7, 11) is 0. The van der Waals surface area contributed by atoms with Crippen molar-refractivity contribution < 1.29 is 19.4 Å². The summed E-state index contributed by atoms with van der Waals surface area (Å²) < 4.78 is 5.23. The van der Waals surface area contributed by atoms with Crippen molar-refractivity contribution in [2.24, 2.45) is 0 Å². The Labute approximate surface area is 105 Å². The minimum atomic E-state index is -0.892. The van der Waals surface area contributed by atoms with Crippen LogP contribution in [0.25, 0.3) is 0 Å². The van der Waals surface area contributed by atoms with Gasteiger partial charge in [0.15, 0.2) is 0 Å². The van der Waals surface area contributed by atoms with E-state index in [0.29, 0.717) is 26.2 Å². The van der Waals surface area contributed by atoms with E-state index in [4.69, 9.17) is 9.84 Å². The minimum absolute atomic E-state index is 0.0291. The maximum Gasteiger partial charge on any atom is 0.305 e. The first-order chi connectivity index (χ1) is 8.04. The van der Waals surface area contributed by atoms with Gasteiger partial charge in [-0.2, -0.15) is 11.8 Å². The number of morpholine rings is 1. The van der Waals surface area contributed by atoms with E-state index in [0.717, 1.165) is 0 Å². The Morgan fingerprint density at radius 3 is 2.88 bits per heavy atom. The Balaban J connectivity index is 2.57. The smallest absolute Gasteiger partial charge is 0.305 e. The molecule has 0 aromatic carbocycles. The van der Waals surface area contributed by atoms with E-state index in [1.165, 1.54) is 0 Å². The highest BCUT2D eigenvalue weighted by Gasteiger charge is 2.29. The van der Waals surface area contributed by atoms with Crippen molar-refractivity contribution in [1.29, 1.82) is 0 Å². The zero-order valence-corrected chi connectivity index (χ0v) is 11.0. The number of carbonyl (C=O) groups is 2. The number of ether oxygens (including phenoxy) is 1. The van der Waals surface area contributed by atoms with Crippen LogP contribution in [0, 0.1) is 0 Å². The number of carboxylic acid groups (broad SMARTS) is 1. The predicted octanol–water partition coefficient (Wildman–Crippen LogP) is 0.830. The van der Waals surface area contributed by atoms with Gasteiger partial charge in [-0.05, 0) is 6.26 Å². The van der Waals surface area contributed by atoms with Crippen molar-refractivity contribution in [3.05, 3.63) is 0 Å². The lowest BCUT2D eigenvalue weighted by Gasteiger charge is -2.35. The third kappa shape index (κ3) is 4.55. The molecular weight excluding hydrogens is 242 g/mol. The molecule has 1 heterocycles. The largest absolute Gasteiger partial charge is 0.481 e. The summed E-state index contributed by atoms with van der Waals surface area (Å²) in [6.07, 6.45) is 2.38. The molecule has 1 fully saturated rings. The molecule has 0 bridgehead atoms. The first-order valence-corrected chi connectivity index (χ1v) is 6.95. The molecular formula is C11H19NO4S. The number of thioether (sulfide) groups is 1. The van der Waals surface area contributed by atoms with Gasteiger partial charge in [0.25, 0.3) is 0 Å². The van der Waals surface area contributed by atoms with E-state index in [1.54, 1.807) is 16.7 Å².